The van der Waals surface area contributed by atoms with E-state index in [2.05, 4.69) is 5.32 Å². The van der Waals surface area contributed by atoms with Gasteiger partial charge in [0.1, 0.15) is 18.5 Å². The lowest BCUT2D eigenvalue weighted by Gasteiger charge is -2.21. The van der Waals surface area contributed by atoms with Crippen molar-refractivity contribution in [1.82, 2.24) is 10.8 Å². The number of hydrogen-bond donors (Lipinski definition) is 4. The highest BCUT2D eigenvalue weighted by atomic mass is 16.6. The summed E-state index contributed by atoms with van der Waals surface area (Å²) in [7, 11) is 0. The molecule has 0 spiro atoms. The van der Waals surface area contributed by atoms with Crippen LogP contribution >= 0.6 is 0 Å². The fourth-order valence-electron chi connectivity index (χ4n) is 2.87. The van der Waals surface area contributed by atoms with Crippen molar-refractivity contribution >= 4 is 17.9 Å². The molecule has 0 unspecified atom stereocenters. The number of hydroxylamine groups is 1. The second-order valence-electron chi connectivity index (χ2n) is 6.63. The number of aliphatic hydroxyl groups excluding tert-OH is 1. The Morgan fingerprint density at radius 2 is 1.75 bits per heavy atom. The van der Waals surface area contributed by atoms with Gasteiger partial charge in [0.15, 0.2) is 0 Å². The van der Waals surface area contributed by atoms with Gasteiger partial charge in [-0.2, -0.15) is 0 Å². The lowest BCUT2D eigenvalue weighted by atomic mass is 10.0. The third kappa shape index (κ3) is 8.21. The first-order valence-electron chi connectivity index (χ1n) is 10.1. The number of imide groups is 1. The Bertz CT molecular complexity index is 916. The Balaban J connectivity index is 2.09. The van der Waals surface area contributed by atoms with Crippen LogP contribution in [0.4, 0.5) is 4.79 Å². The van der Waals surface area contributed by atoms with Gasteiger partial charge in [0.05, 0.1) is 6.61 Å². The number of unbranched alkanes of at least 4 members (excludes halogenated alkanes) is 1. The smallest absolute Gasteiger partial charge is 0.414 e. The molecule has 4 N–H and O–H groups in total. The van der Waals surface area contributed by atoms with Crippen LogP contribution in [0.25, 0.3) is 0 Å². The molecule has 2 aromatic carbocycles. The van der Waals surface area contributed by atoms with Crippen LogP contribution < -0.4 is 15.5 Å². The minimum atomic E-state index is -0.906. The van der Waals surface area contributed by atoms with Crippen molar-refractivity contribution < 1.29 is 34.2 Å². The number of benzene rings is 2. The molecule has 2 rings (SSSR count). The zero-order valence-electron chi connectivity index (χ0n) is 17.4. The molecule has 0 aromatic heterocycles. The molecule has 0 saturated carbocycles. The Labute approximate surface area is 185 Å². The largest absolute Gasteiger partial charge is 0.491 e. The third-order valence-electron chi connectivity index (χ3n) is 4.33. The molecule has 1 atom stereocenters. The minimum Gasteiger partial charge on any atom is -0.491 e. The first kappa shape index (κ1) is 24.6. The minimum absolute atomic E-state index is 0.0709. The lowest BCUT2D eigenvalue weighted by Crippen LogP contribution is -2.32. The lowest BCUT2D eigenvalue weighted by molar-refractivity contribution is -0.124. The number of ether oxygens (including phenoxy) is 2. The first-order valence-corrected chi connectivity index (χ1v) is 10.1. The van der Waals surface area contributed by atoms with E-state index in [1.54, 1.807) is 60.7 Å². The van der Waals surface area contributed by atoms with Gasteiger partial charge >= 0.3 is 6.09 Å². The van der Waals surface area contributed by atoms with E-state index >= 15 is 0 Å². The molecule has 0 radical (unpaired) electrons. The van der Waals surface area contributed by atoms with Gasteiger partial charge in [-0.1, -0.05) is 42.5 Å². The molecule has 170 valence electrons. The molecule has 0 aliphatic carbocycles. The van der Waals surface area contributed by atoms with Crippen molar-refractivity contribution in [2.45, 2.75) is 25.4 Å². The summed E-state index contributed by atoms with van der Waals surface area (Å²) in [5.41, 5.74) is 2.41. The fourth-order valence-corrected chi connectivity index (χ4v) is 2.87. The second kappa shape index (κ2) is 13.6. The Morgan fingerprint density at radius 1 is 1.03 bits per heavy atom. The van der Waals surface area contributed by atoms with Gasteiger partial charge in [-0.25, -0.2) is 10.3 Å². The average Bonchev–Trinajstić information content (AvgIpc) is 2.82. The summed E-state index contributed by atoms with van der Waals surface area (Å²) in [6, 6.07) is 15.2. The predicted molar refractivity (Wildman–Crippen MR) is 115 cm³/mol. The summed E-state index contributed by atoms with van der Waals surface area (Å²) in [6.45, 7) is -0.106. The van der Waals surface area contributed by atoms with Crippen LogP contribution in [0.15, 0.2) is 66.7 Å². The summed E-state index contributed by atoms with van der Waals surface area (Å²) in [5, 5.41) is 19.8. The summed E-state index contributed by atoms with van der Waals surface area (Å²) in [6.07, 6.45) is 2.52. The average molecular weight is 442 g/mol. The number of carbonyl (C=O) groups is 3. The Morgan fingerprint density at radius 3 is 2.47 bits per heavy atom. The number of carbonyl (C=O) groups excluding carboxylic acids is 3. The first-order chi connectivity index (χ1) is 15.5. The predicted octanol–water partition coefficient (Wildman–Crippen LogP) is 2.90. The zero-order valence-corrected chi connectivity index (χ0v) is 17.4. The van der Waals surface area contributed by atoms with Gasteiger partial charge in [-0.05, 0) is 37.5 Å². The molecule has 0 bridgehead atoms. The van der Waals surface area contributed by atoms with Gasteiger partial charge < -0.3 is 14.6 Å². The molecule has 0 heterocycles. The number of para-hydroxylation sites is 1. The van der Waals surface area contributed by atoms with Crippen LogP contribution in [-0.4, -0.2) is 41.4 Å². The van der Waals surface area contributed by atoms with E-state index in [1.807, 2.05) is 0 Å². The maximum atomic E-state index is 12.4. The van der Waals surface area contributed by atoms with Gasteiger partial charge in [-0.15, -0.1) is 0 Å². The molecule has 0 aliphatic heterocycles. The van der Waals surface area contributed by atoms with Gasteiger partial charge in [0.2, 0.25) is 0 Å². The van der Waals surface area contributed by atoms with E-state index in [4.69, 9.17) is 19.8 Å². The summed E-state index contributed by atoms with van der Waals surface area (Å²) in [5.74, 6) is -0.777. The number of aliphatic hydroxyl groups is 1. The molecular formula is C23H26N2O7. The van der Waals surface area contributed by atoms with Crippen molar-refractivity contribution in [3.8, 4) is 5.75 Å². The molecule has 0 saturated heterocycles. The number of nitrogens with one attached hydrogen (secondary N) is 2. The standard InChI is InChI=1S/C23H26N2O7/c26-15-16-31-19-12-8-7-11-18(19)20(13-5-2-6-14-21(27)25-30)32-23(29)24-22(28)17-9-3-1-4-10-17/h1,3-4,6-12,14,20,26,30H,2,5,13,15-16H2,(H,25,27)(H,24,28,29)/b14-6+/t20-/m1/s1. The van der Waals surface area contributed by atoms with Crippen LogP contribution in [-0.2, 0) is 9.53 Å². The zero-order chi connectivity index (χ0) is 23.2. The van der Waals surface area contributed by atoms with E-state index < -0.39 is 24.0 Å². The molecule has 0 aliphatic rings. The number of rotatable bonds is 11. The van der Waals surface area contributed by atoms with Crippen molar-refractivity contribution in [3.63, 3.8) is 0 Å². The van der Waals surface area contributed by atoms with Gasteiger partial charge in [0, 0.05) is 17.2 Å². The monoisotopic (exact) mass is 442 g/mol. The van der Waals surface area contributed by atoms with Crippen molar-refractivity contribution in [1.29, 1.82) is 0 Å². The molecule has 9 heteroatoms. The number of allylic oxidation sites excluding steroid dienone is 1. The van der Waals surface area contributed by atoms with Crippen LogP contribution in [0.2, 0.25) is 0 Å². The summed E-state index contributed by atoms with van der Waals surface area (Å²) >= 11 is 0. The van der Waals surface area contributed by atoms with Crippen LogP contribution in [0, 0.1) is 0 Å². The van der Waals surface area contributed by atoms with E-state index in [0.29, 0.717) is 36.1 Å². The maximum absolute atomic E-state index is 12.4. The normalized spacial score (nSPS) is 11.6. The van der Waals surface area contributed by atoms with E-state index in [0.717, 1.165) is 0 Å². The SMILES string of the molecule is O=C(/C=C/CCC[C@@H](OC(=O)NC(=O)c1ccccc1)c1ccccc1OCCO)NO. The number of alkyl carbamates (subject to hydrolysis) is 1. The Hall–Kier alpha value is -3.69. The molecule has 3 amide bonds. The third-order valence-corrected chi connectivity index (χ3v) is 4.33. The van der Waals surface area contributed by atoms with Crippen molar-refractivity contribution in [2.24, 2.45) is 0 Å². The summed E-state index contributed by atoms with van der Waals surface area (Å²) < 4.78 is 11.1. The number of hydrogen-bond acceptors (Lipinski definition) is 7. The van der Waals surface area contributed by atoms with Crippen LogP contribution in [0.1, 0.15) is 41.3 Å². The van der Waals surface area contributed by atoms with Crippen molar-refractivity contribution in [2.75, 3.05) is 13.2 Å². The van der Waals surface area contributed by atoms with Gasteiger partial charge in [0.25, 0.3) is 11.8 Å². The fraction of sp³-hybridized carbons (Fsp3) is 0.261. The summed E-state index contributed by atoms with van der Waals surface area (Å²) in [4.78, 5) is 35.7. The highest BCUT2D eigenvalue weighted by Crippen LogP contribution is 2.31. The quantitative estimate of drug-likeness (QED) is 0.182. The second-order valence-corrected chi connectivity index (χ2v) is 6.63. The molecule has 9 nitrogen and oxygen atoms in total. The molecule has 32 heavy (non-hydrogen) atoms. The van der Waals surface area contributed by atoms with Crippen molar-refractivity contribution in [3.05, 3.63) is 77.9 Å². The van der Waals surface area contributed by atoms with E-state index in [9.17, 15) is 14.4 Å². The van der Waals surface area contributed by atoms with Crippen LogP contribution in [0.3, 0.4) is 0 Å². The van der Waals surface area contributed by atoms with Crippen LogP contribution in [0.5, 0.6) is 5.75 Å². The molecular weight excluding hydrogens is 416 g/mol. The maximum Gasteiger partial charge on any atom is 0.414 e. The molecule has 2 aromatic rings. The Kier molecular flexibility index (Phi) is 10.4. The highest BCUT2D eigenvalue weighted by Gasteiger charge is 2.22. The van der Waals surface area contributed by atoms with Gasteiger partial charge in [-0.3, -0.25) is 20.1 Å². The molecule has 0 fully saturated rings. The number of amides is 3. The topological polar surface area (TPSA) is 134 Å². The van der Waals surface area contributed by atoms with E-state index in [-0.39, 0.29) is 13.2 Å². The highest BCUT2D eigenvalue weighted by molar-refractivity contribution is 6.02. The van der Waals surface area contributed by atoms with E-state index in [1.165, 1.54) is 11.6 Å².